The van der Waals surface area contributed by atoms with Crippen LogP contribution in [0, 0.1) is 0 Å². The molecule has 114 valence electrons. The molecule has 0 spiro atoms. The number of nitrogens with two attached hydrogens (primary N) is 1. The Bertz CT molecular complexity index is 467. The molecule has 1 aromatic rings. The van der Waals surface area contributed by atoms with E-state index in [1.165, 1.54) is 0 Å². The van der Waals surface area contributed by atoms with E-state index in [9.17, 15) is 18.0 Å². The van der Waals surface area contributed by atoms with E-state index in [0.29, 0.717) is 19.4 Å². The Morgan fingerprint density at radius 1 is 1.50 bits per heavy atom. The molecule has 1 saturated heterocycles. The summed E-state index contributed by atoms with van der Waals surface area (Å²) in [5.74, 6) is -2.28. The summed E-state index contributed by atoms with van der Waals surface area (Å²) in [6.45, 7) is 0.294. The van der Waals surface area contributed by atoms with Gasteiger partial charge < -0.3 is 10.5 Å². The maximum Gasteiger partial charge on any atom is 0.451 e. The summed E-state index contributed by atoms with van der Waals surface area (Å²) in [5.41, 5.74) is 5.39. The number of nitrogens with zero attached hydrogens (tertiary/aromatic N) is 2. The van der Waals surface area contributed by atoms with E-state index >= 15 is 0 Å². The van der Waals surface area contributed by atoms with Crippen molar-refractivity contribution in [3.05, 3.63) is 5.82 Å². The van der Waals surface area contributed by atoms with Crippen molar-refractivity contribution in [1.29, 1.82) is 0 Å². The summed E-state index contributed by atoms with van der Waals surface area (Å²) in [5, 5.41) is 7.13. The summed E-state index contributed by atoms with van der Waals surface area (Å²) in [4.78, 5) is 14.8. The minimum atomic E-state index is -4.63. The van der Waals surface area contributed by atoms with Gasteiger partial charge in [0.25, 0.3) is 5.91 Å². The lowest BCUT2D eigenvalue weighted by Crippen LogP contribution is -2.30. The van der Waals surface area contributed by atoms with Crippen molar-refractivity contribution in [1.82, 2.24) is 15.2 Å². The van der Waals surface area contributed by atoms with Crippen LogP contribution in [0.2, 0.25) is 0 Å². The second-order valence-electron chi connectivity index (χ2n) is 4.05. The highest BCUT2D eigenvalue weighted by Crippen LogP contribution is 2.26. The Balaban J connectivity index is 0.00000200. The van der Waals surface area contributed by atoms with Gasteiger partial charge in [-0.1, -0.05) is 0 Å². The third kappa shape index (κ3) is 3.81. The number of anilines is 1. The molecule has 0 unspecified atom stereocenters. The molecule has 1 amide bonds. The molecule has 1 aromatic heterocycles. The van der Waals surface area contributed by atoms with Crippen LogP contribution >= 0.6 is 12.4 Å². The Hall–Kier alpha value is -1.39. The number of carbonyl (C=O) groups is 1. The molecule has 4 N–H and O–H groups in total. The quantitative estimate of drug-likeness (QED) is 0.761. The van der Waals surface area contributed by atoms with Gasteiger partial charge in [-0.15, -0.1) is 17.5 Å². The molecule has 20 heavy (non-hydrogen) atoms. The molecule has 2 heterocycles. The number of aromatic nitrogens is 3. The van der Waals surface area contributed by atoms with Crippen LogP contribution < -0.4 is 11.1 Å². The Morgan fingerprint density at radius 3 is 2.70 bits per heavy atom. The second kappa shape index (κ2) is 6.37. The minimum Gasteiger partial charge on any atom is -0.364 e. The molecule has 0 aliphatic carbocycles. The fourth-order valence-corrected chi connectivity index (χ4v) is 1.71. The normalized spacial score (nSPS) is 22.4. The monoisotopic (exact) mass is 315 g/mol. The van der Waals surface area contributed by atoms with Crippen molar-refractivity contribution >= 4 is 24.3 Å². The van der Waals surface area contributed by atoms with E-state index in [1.807, 2.05) is 0 Å². The molecule has 11 heteroatoms. The van der Waals surface area contributed by atoms with Crippen LogP contribution in [-0.2, 0) is 15.7 Å². The SMILES string of the molecule is Cl.NC[C@H]1CC[C@@H](C(=O)Nc2n[nH]c(C(F)(F)F)n2)O1. The summed E-state index contributed by atoms with van der Waals surface area (Å²) in [7, 11) is 0. The minimum absolute atomic E-state index is 0. The summed E-state index contributed by atoms with van der Waals surface area (Å²) in [6, 6.07) is 0. The molecule has 0 saturated carbocycles. The van der Waals surface area contributed by atoms with Crippen LogP contribution in [0.3, 0.4) is 0 Å². The van der Waals surface area contributed by atoms with E-state index < -0.39 is 30.0 Å². The zero-order chi connectivity index (χ0) is 14.0. The van der Waals surface area contributed by atoms with Crippen LogP contribution in [0.25, 0.3) is 0 Å². The highest BCUT2D eigenvalue weighted by atomic mass is 35.5. The van der Waals surface area contributed by atoms with Gasteiger partial charge in [0, 0.05) is 6.54 Å². The standard InChI is InChI=1S/C9H12F3N5O2.ClH/c10-9(11,12)7-15-8(17-16-7)14-6(18)5-2-1-4(3-13)19-5;/h4-5H,1-3,13H2,(H2,14,15,16,17,18);1H/t4-,5+;/m1./s1. The maximum absolute atomic E-state index is 12.3. The van der Waals surface area contributed by atoms with Crippen molar-refractivity contribution < 1.29 is 22.7 Å². The lowest BCUT2D eigenvalue weighted by atomic mass is 10.2. The lowest BCUT2D eigenvalue weighted by molar-refractivity contribution is -0.144. The summed E-state index contributed by atoms with van der Waals surface area (Å²) < 4.78 is 42.0. The van der Waals surface area contributed by atoms with E-state index in [-0.39, 0.29) is 18.5 Å². The van der Waals surface area contributed by atoms with Gasteiger partial charge in [-0.05, 0) is 12.8 Å². The van der Waals surface area contributed by atoms with E-state index in [2.05, 4.69) is 15.4 Å². The molecule has 1 aliphatic heterocycles. The van der Waals surface area contributed by atoms with Crippen molar-refractivity contribution in [2.75, 3.05) is 11.9 Å². The van der Waals surface area contributed by atoms with Gasteiger partial charge in [-0.3, -0.25) is 15.2 Å². The average molecular weight is 316 g/mol. The third-order valence-corrected chi connectivity index (χ3v) is 2.65. The lowest BCUT2D eigenvalue weighted by Gasteiger charge is -2.10. The second-order valence-corrected chi connectivity index (χ2v) is 4.05. The molecule has 0 radical (unpaired) electrons. The number of amides is 1. The number of hydrogen-bond acceptors (Lipinski definition) is 5. The van der Waals surface area contributed by atoms with Gasteiger partial charge in [-0.25, -0.2) is 0 Å². The van der Waals surface area contributed by atoms with Crippen molar-refractivity contribution in [2.45, 2.75) is 31.2 Å². The molecule has 2 rings (SSSR count). The fourth-order valence-electron chi connectivity index (χ4n) is 1.71. The molecule has 0 aromatic carbocycles. The third-order valence-electron chi connectivity index (χ3n) is 2.65. The van der Waals surface area contributed by atoms with Crippen LogP contribution in [0.15, 0.2) is 0 Å². The number of ether oxygens (including phenoxy) is 1. The van der Waals surface area contributed by atoms with Gasteiger partial charge >= 0.3 is 6.18 Å². The van der Waals surface area contributed by atoms with Crippen LogP contribution in [0.5, 0.6) is 0 Å². The Morgan fingerprint density at radius 2 is 2.20 bits per heavy atom. The number of nitrogens with one attached hydrogen (secondary N) is 2. The van der Waals surface area contributed by atoms with Crippen molar-refractivity contribution in [3.63, 3.8) is 0 Å². The van der Waals surface area contributed by atoms with Gasteiger partial charge in [0.05, 0.1) is 6.10 Å². The molecule has 0 bridgehead atoms. The number of aromatic amines is 1. The first-order valence-corrected chi connectivity index (χ1v) is 5.56. The highest BCUT2D eigenvalue weighted by molar-refractivity contribution is 5.92. The number of hydrogen-bond donors (Lipinski definition) is 3. The largest absolute Gasteiger partial charge is 0.451 e. The predicted octanol–water partition coefficient (Wildman–Crippen LogP) is 0.690. The average Bonchev–Trinajstić information content (AvgIpc) is 2.95. The van der Waals surface area contributed by atoms with Crippen LogP contribution in [0.1, 0.15) is 18.7 Å². The first kappa shape index (κ1) is 16.7. The first-order chi connectivity index (χ1) is 8.90. The van der Waals surface area contributed by atoms with Crippen molar-refractivity contribution in [2.24, 2.45) is 5.73 Å². The number of alkyl halides is 3. The van der Waals surface area contributed by atoms with Gasteiger partial charge in [0.1, 0.15) is 6.10 Å². The Kier molecular flexibility index (Phi) is 5.31. The van der Waals surface area contributed by atoms with Gasteiger partial charge in [0.15, 0.2) is 0 Å². The first-order valence-electron chi connectivity index (χ1n) is 5.56. The van der Waals surface area contributed by atoms with E-state index in [1.54, 1.807) is 5.10 Å². The molecular weight excluding hydrogens is 303 g/mol. The highest BCUT2D eigenvalue weighted by Gasteiger charge is 2.36. The molecule has 1 fully saturated rings. The van der Waals surface area contributed by atoms with Gasteiger partial charge in [0.2, 0.25) is 11.8 Å². The predicted molar refractivity (Wildman–Crippen MR) is 64.2 cm³/mol. The van der Waals surface area contributed by atoms with E-state index in [0.717, 1.165) is 0 Å². The van der Waals surface area contributed by atoms with Crippen LogP contribution in [-0.4, -0.2) is 39.8 Å². The smallest absolute Gasteiger partial charge is 0.364 e. The summed E-state index contributed by atoms with van der Waals surface area (Å²) >= 11 is 0. The molecule has 7 nitrogen and oxygen atoms in total. The fraction of sp³-hybridized carbons (Fsp3) is 0.667. The number of H-pyrrole nitrogens is 1. The molecule has 1 aliphatic rings. The summed E-state index contributed by atoms with van der Waals surface area (Å²) in [6.07, 6.45) is -4.47. The van der Waals surface area contributed by atoms with Gasteiger partial charge in [-0.2, -0.15) is 18.2 Å². The zero-order valence-electron chi connectivity index (χ0n) is 10.1. The van der Waals surface area contributed by atoms with E-state index in [4.69, 9.17) is 10.5 Å². The number of carbonyl (C=O) groups excluding carboxylic acids is 1. The molecule has 2 atom stereocenters. The number of halogens is 4. The Labute approximate surface area is 117 Å². The van der Waals surface area contributed by atoms with Crippen LogP contribution in [0.4, 0.5) is 19.1 Å². The van der Waals surface area contributed by atoms with Crippen molar-refractivity contribution in [3.8, 4) is 0 Å². The topological polar surface area (TPSA) is 106 Å². The number of rotatable bonds is 3. The zero-order valence-corrected chi connectivity index (χ0v) is 10.9. The maximum atomic E-state index is 12.3. The molecular formula is C9H13ClF3N5O2.